The lowest BCUT2D eigenvalue weighted by molar-refractivity contribution is 0.245. The van der Waals surface area contributed by atoms with Crippen molar-refractivity contribution in [1.82, 2.24) is 15.5 Å². The van der Waals surface area contributed by atoms with Crippen molar-refractivity contribution in [2.24, 2.45) is 4.99 Å². The highest BCUT2D eigenvalue weighted by atomic mass is 19.1. The maximum Gasteiger partial charge on any atom is 0.191 e. The number of likely N-dealkylation sites (tertiary alicyclic amines) is 1. The normalized spacial score (nSPS) is 15.8. The molecule has 0 amide bonds. The van der Waals surface area contributed by atoms with Crippen LogP contribution in [-0.4, -0.2) is 37.5 Å². The van der Waals surface area contributed by atoms with Crippen LogP contribution in [0.3, 0.4) is 0 Å². The summed E-state index contributed by atoms with van der Waals surface area (Å²) in [6.07, 6.45) is 2.46. The molecular formula is C22H26FN5. The van der Waals surface area contributed by atoms with Crippen LogP contribution in [0.25, 0.3) is 0 Å². The smallest absolute Gasteiger partial charge is 0.191 e. The number of hydrogen-bond acceptors (Lipinski definition) is 3. The molecule has 0 saturated carbocycles. The zero-order chi connectivity index (χ0) is 19.8. The van der Waals surface area contributed by atoms with Gasteiger partial charge in [0.2, 0.25) is 0 Å². The SMILES string of the molecule is CN=C(NCc1ccc(C#N)cc1F)NCC(c1ccccc1)N1CCCC1. The van der Waals surface area contributed by atoms with Gasteiger partial charge in [0, 0.05) is 25.7 Å². The summed E-state index contributed by atoms with van der Waals surface area (Å²) >= 11 is 0. The van der Waals surface area contributed by atoms with Gasteiger partial charge in [0.25, 0.3) is 0 Å². The van der Waals surface area contributed by atoms with Gasteiger partial charge in [0.05, 0.1) is 17.7 Å². The number of aliphatic imine (C=N–C) groups is 1. The second-order valence-corrected chi connectivity index (χ2v) is 6.89. The number of guanidine groups is 1. The Hall–Kier alpha value is -2.91. The van der Waals surface area contributed by atoms with Crippen LogP contribution in [0, 0.1) is 17.1 Å². The van der Waals surface area contributed by atoms with Crippen LogP contribution in [0.2, 0.25) is 0 Å². The summed E-state index contributed by atoms with van der Waals surface area (Å²) in [5.41, 5.74) is 2.10. The third-order valence-corrected chi connectivity index (χ3v) is 5.08. The van der Waals surface area contributed by atoms with Crippen molar-refractivity contribution in [3.05, 3.63) is 71.0 Å². The van der Waals surface area contributed by atoms with Crippen molar-refractivity contribution in [3.63, 3.8) is 0 Å². The van der Waals surface area contributed by atoms with Crippen LogP contribution in [0.4, 0.5) is 4.39 Å². The van der Waals surface area contributed by atoms with Gasteiger partial charge in [0.1, 0.15) is 5.82 Å². The Labute approximate surface area is 165 Å². The number of nitriles is 1. The molecule has 1 atom stereocenters. The summed E-state index contributed by atoms with van der Waals surface area (Å²) < 4.78 is 14.1. The number of nitrogens with one attached hydrogen (secondary N) is 2. The average Bonchev–Trinajstić information content (AvgIpc) is 3.26. The minimum atomic E-state index is -0.388. The summed E-state index contributed by atoms with van der Waals surface area (Å²) in [7, 11) is 1.71. The van der Waals surface area contributed by atoms with E-state index in [-0.39, 0.29) is 11.9 Å². The Morgan fingerprint density at radius 2 is 1.93 bits per heavy atom. The van der Waals surface area contributed by atoms with Gasteiger partial charge in [-0.2, -0.15) is 5.26 Å². The molecule has 2 N–H and O–H groups in total. The van der Waals surface area contributed by atoms with E-state index in [2.05, 4.69) is 44.8 Å². The highest BCUT2D eigenvalue weighted by Gasteiger charge is 2.23. The Morgan fingerprint density at radius 1 is 1.18 bits per heavy atom. The van der Waals surface area contributed by atoms with Crippen LogP contribution in [0.15, 0.2) is 53.5 Å². The maximum atomic E-state index is 14.1. The summed E-state index contributed by atoms with van der Waals surface area (Å²) in [6, 6.07) is 17.2. The Kier molecular flexibility index (Phi) is 6.99. The van der Waals surface area contributed by atoms with Gasteiger partial charge in [-0.1, -0.05) is 36.4 Å². The first kappa shape index (κ1) is 19.8. The van der Waals surface area contributed by atoms with Crippen molar-refractivity contribution < 1.29 is 4.39 Å². The van der Waals surface area contributed by atoms with E-state index in [9.17, 15) is 4.39 Å². The Bertz CT molecular complexity index is 838. The highest BCUT2D eigenvalue weighted by Crippen LogP contribution is 2.24. The first-order valence-electron chi connectivity index (χ1n) is 9.63. The standard InChI is InChI=1S/C22H26FN5/c1-25-22(26-15-19-10-9-17(14-24)13-20(19)23)27-16-21(28-11-5-6-12-28)18-7-3-2-4-8-18/h2-4,7-10,13,21H,5-6,11-12,15-16H2,1H3,(H2,25,26,27). The van der Waals surface area contributed by atoms with E-state index in [1.807, 2.05) is 12.1 Å². The molecule has 0 bridgehead atoms. The quantitative estimate of drug-likeness (QED) is 0.598. The molecule has 2 aromatic carbocycles. The Balaban J connectivity index is 1.61. The predicted molar refractivity (Wildman–Crippen MR) is 109 cm³/mol. The monoisotopic (exact) mass is 379 g/mol. The van der Waals surface area contributed by atoms with Gasteiger partial charge < -0.3 is 10.6 Å². The third kappa shape index (κ3) is 5.08. The predicted octanol–water partition coefficient (Wildman–Crippen LogP) is 3.20. The lowest BCUT2D eigenvalue weighted by atomic mass is 10.1. The van der Waals surface area contributed by atoms with Crippen LogP contribution in [0.1, 0.15) is 35.6 Å². The fourth-order valence-corrected chi connectivity index (χ4v) is 3.54. The number of halogens is 1. The van der Waals surface area contributed by atoms with Crippen molar-refractivity contribution in [1.29, 1.82) is 5.26 Å². The molecule has 1 aliphatic heterocycles. The van der Waals surface area contributed by atoms with Crippen molar-refractivity contribution >= 4 is 5.96 Å². The molecular weight excluding hydrogens is 353 g/mol. The first-order valence-corrected chi connectivity index (χ1v) is 9.63. The minimum absolute atomic E-state index is 0.272. The topological polar surface area (TPSA) is 63.5 Å². The van der Waals surface area contributed by atoms with E-state index in [0.717, 1.165) is 19.6 Å². The van der Waals surface area contributed by atoms with Crippen molar-refractivity contribution in [2.75, 3.05) is 26.7 Å². The van der Waals surface area contributed by atoms with Crippen molar-refractivity contribution in [2.45, 2.75) is 25.4 Å². The molecule has 0 aliphatic carbocycles. The van der Waals surface area contributed by atoms with E-state index in [0.29, 0.717) is 23.6 Å². The third-order valence-electron chi connectivity index (χ3n) is 5.08. The molecule has 1 saturated heterocycles. The zero-order valence-corrected chi connectivity index (χ0v) is 16.2. The second-order valence-electron chi connectivity index (χ2n) is 6.89. The number of nitrogens with zero attached hydrogens (tertiary/aromatic N) is 3. The van der Waals surface area contributed by atoms with Gasteiger partial charge in [-0.3, -0.25) is 9.89 Å². The molecule has 1 fully saturated rings. The fourth-order valence-electron chi connectivity index (χ4n) is 3.54. The number of hydrogen-bond donors (Lipinski definition) is 2. The molecule has 3 rings (SSSR count). The maximum absolute atomic E-state index is 14.1. The number of rotatable bonds is 6. The molecule has 146 valence electrons. The molecule has 0 spiro atoms. The highest BCUT2D eigenvalue weighted by molar-refractivity contribution is 5.79. The van der Waals surface area contributed by atoms with E-state index in [4.69, 9.17) is 5.26 Å². The molecule has 5 nitrogen and oxygen atoms in total. The molecule has 1 unspecified atom stereocenters. The first-order chi connectivity index (χ1) is 13.7. The summed E-state index contributed by atoms with van der Waals surface area (Å²) in [4.78, 5) is 6.76. The molecule has 1 aliphatic rings. The second kappa shape index (κ2) is 9.86. The summed E-state index contributed by atoms with van der Waals surface area (Å²) in [6.45, 7) is 3.23. The number of benzene rings is 2. The lowest BCUT2D eigenvalue weighted by Gasteiger charge is -2.29. The van der Waals surface area contributed by atoms with Crippen LogP contribution in [-0.2, 0) is 6.54 Å². The van der Waals surface area contributed by atoms with Gasteiger partial charge in [-0.05, 0) is 43.6 Å². The Morgan fingerprint density at radius 3 is 2.57 bits per heavy atom. The summed E-state index contributed by atoms with van der Waals surface area (Å²) in [5, 5.41) is 15.4. The molecule has 28 heavy (non-hydrogen) atoms. The zero-order valence-electron chi connectivity index (χ0n) is 16.2. The lowest BCUT2D eigenvalue weighted by Crippen LogP contribution is -2.42. The van der Waals surface area contributed by atoms with E-state index < -0.39 is 0 Å². The van der Waals surface area contributed by atoms with E-state index in [1.54, 1.807) is 19.2 Å². The van der Waals surface area contributed by atoms with E-state index >= 15 is 0 Å². The summed E-state index contributed by atoms with van der Waals surface area (Å²) in [5.74, 6) is 0.241. The van der Waals surface area contributed by atoms with Crippen molar-refractivity contribution in [3.8, 4) is 6.07 Å². The fraction of sp³-hybridized carbons (Fsp3) is 0.364. The van der Waals surface area contributed by atoms with E-state index in [1.165, 1.54) is 24.5 Å². The molecule has 1 heterocycles. The van der Waals surface area contributed by atoms with Crippen LogP contribution >= 0.6 is 0 Å². The molecule has 0 aromatic heterocycles. The van der Waals surface area contributed by atoms with Gasteiger partial charge in [-0.15, -0.1) is 0 Å². The van der Waals surface area contributed by atoms with Gasteiger partial charge in [0.15, 0.2) is 5.96 Å². The largest absolute Gasteiger partial charge is 0.354 e. The molecule has 0 radical (unpaired) electrons. The van der Waals surface area contributed by atoms with Crippen LogP contribution < -0.4 is 10.6 Å². The molecule has 6 heteroatoms. The minimum Gasteiger partial charge on any atom is -0.354 e. The molecule has 2 aromatic rings. The van der Waals surface area contributed by atoms with Gasteiger partial charge in [-0.25, -0.2) is 4.39 Å². The van der Waals surface area contributed by atoms with Gasteiger partial charge >= 0.3 is 0 Å². The van der Waals surface area contributed by atoms with Crippen LogP contribution in [0.5, 0.6) is 0 Å². The average molecular weight is 379 g/mol.